The third kappa shape index (κ3) is 4.57. The Labute approximate surface area is 202 Å². The van der Waals surface area contributed by atoms with Crippen LogP contribution in [0.2, 0.25) is 0 Å². The molecular weight excluding hydrogens is 424 g/mol. The van der Waals surface area contributed by atoms with E-state index in [1.54, 1.807) is 0 Å². The maximum atomic E-state index is 12.6. The van der Waals surface area contributed by atoms with E-state index < -0.39 is 0 Å². The number of carbonyl (C=O) groups excluding carboxylic acids is 1. The summed E-state index contributed by atoms with van der Waals surface area (Å²) < 4.78 is 0. The van der Waals surface area contributed by atoms with Gasteiger partial charge in [0.2, 0.25) is 0 Å². The summed E-state index contributed by atoms with van der Waals surface area (Å²) in [4.78, 5) is 24.1. The lowest BCUT2D eigenvalue weighted by Gasteiger charge is -2.45. The predicted octanol–water partition coefficient (Wildman–Crippen LogP) is 5.39. The van der Waals surface area contributed by atoms with Gasteiger partial charge in [0.25, 0.3) is 0 Å². The normalized spacial score (nSPS) is 24.4. The lowest BCUT2D eigenvalue weighted by Crippen LogP contribution is -2.49. The molecule has 6 nitrogen and oxygen atoms in total. The van der Waals surface area contributed by atoms with Gasteiger partial charge in [0.05, 0.1) is 0 Å². The molecule has 1 aromatic heterocycles. The predicted molar refractivity (Wildman–Crippen MR) is 136 cm³/mol. The van der Waals surface area contributed by atoms with Crippen molar-refractivity contribution < 1.29 is 9.63 Å². The Morgan fingerprint density at radius 2 is 1.68 bits per heavy atom. The topological polar surface area (TPSA) is 60.6 Å². The van der Waals surface area contributed by atoms with Crippen molar-refractivity contribution in [2.24, 2.45) is 0 Å². The Morgan fingerprint density at radius 3 is 2.38 bits per heavy atom. The van der Waals surface area contributed by atoms with E-state index in [2.05, 4.69) is 90.1 Å². The van der Waals surface area contributed by atoms with Crippen molar-refractivity contribution in [2.75, 3.05) is 27.2 Å². The van der Waals surface area contributed by atoms with Crippen LogP contribution in [0.3, 0.4) is 0 Å². The highest BCUT2D eigenvalue weighted by molar-refractivity contribution is 5.83. The average Bonchev–Trinajstić information content (AvgIpc) is 3.30. The fraction of sp³-hybridized carbons (Fsp3) is 0.464. The van der Waals surface area contributed by atoms with Crippen molar-refractivity contribution in [3.8, 4) is 0 Å². The summed E-state index contributed by atoms with van der Waals surface area (Å²) in [6.07, 6.45) is 7.74. The summed E-state index contributed by atoms with van der Waals surface area (Å²) in [7, 11) is 4.32. The van der Waals surface area contributed by atoms with Gasteiger partial charge in [-0.2, -0.15) is 0 Å². The SMILES string of the molecule is CN(C)C1(c2ccccc2)CCC(NC(=O)ON2CCC(c3c[nH]c4ccccc34)CC2)CC1. The average molecular weight is 461 g/mol. The molecule has 180 valence electrons. The molecule has 0 atom stereocenters. The molecule has 1 amide bonds. The first-order valence-electron chi connectivity index (χ1n) is 12.6. The van der Waals surface area contributed by atoms with Crippen LogP contribution in [0.1, 0.15) is 55.6 Å². The number of aromatic nitrogens is 1. The van der Waals surface area contributed by atoms with E-state index in [0.717, 1.165) is 51.6 Å². The van der Waals surface area contributed by atoms with Crippen molar-refractivity contribution in [1.29, 1.82) is 0 Å². The number of nitrogens with one attached hydrogen (secondary N) is 2. The number of nitrogens with zero attached hydrogens (tertiary/aromatic N) is 2. The third-order valence-corrected chi connectivity index (χ3v) is 8.03. The highest BCUT2D eigenvalue weighted by atomic mass is 16.7. The van der Waals surface area contributed by atoms with Crippen molar-refractivity contribution >= 4 is 17.0 Å². The molecule has 0 radical (unpaired) electrons. The largest absolute Gasteiger partial charge is 0.426 e. The van der Waals surface area contributed by atoms with E-state index in [1.165, 1.54) is 22.0 Å². The molecule has 2 aliphatic rings. The Bertz CT molecular complexity index is 1090. The zero-order valence-corrected chi connectivity index (χ0v) is 20.3. The number of hydroxylamine groups is 2. The number of para-hydroxylation sites is 1. The zero-order chi connectivity index (χ0) is 23.5. The number of benzene rings is 2. The number of rotatable bonds is 5. The van der Waals surface area contributed by atoms with Crippen LogP contribution in [0.5, 0.6) is 0 Å². The van der Waals surface area contributed by atoms with E-state index >= 15 is 0 Å². The smallest absolute Gasteiger partial charge is 0.361 e. The van der Waals surface area contributed by atoms with Crippen LogP contribution in [-0.4, -0.2) is 54.3 Å². The van der Waals surface area contributed by atoms with Gasteiger partial charge in [0.1, 0.15) is 0 Å². The summed E-state index contributed by atoms with van der Waals surface area (Å²) in [6, 6.07) is 19.4. The van der Waals surface area contributed by atoms with Crippen LogP contribution in [0.15, 0.2) is 60.8 Å². The number of carbonyl (C=O) groups is 1. The van der Waals surface area contributed by atoms with Crippen molar-refractivity contribution in [3.05, 3.63) is 71.9 Å². The molecule has 2 N–H and O–H groups in total. The molecule has 2 heterocycles. The summed E-state index contributed by atoms with van der Waals surface area (Å²) in [6.45, 7) is 1.53. The van der Waals surface area contributed by atoms with Crippen molar-refractivity contribution in [3.63, 3.8) is 0 Å². The maximum absolute atomic E-state index is 12.6. The lowest BCUT2D eigenvalue weighted by atomic mass is 9.74. The number of hydrogen-bond acceptors (Lipinski definition) is 4. The zero-order valence-electron chi connectivity index (χ0n) is 20.3. The standard InChI is InChI=1S/C28H36N4O2/c1-31(2)28(22-8-4-3-5-9-22)16-12-23(13-17-28)30-27(33)34-32-18-14-21(15-19-32)25-20-29-26-11-7-6-10-24(25)26/h3-11,20-21,23,29H,12-19H2,1-2H3,(H,30,33). The fourth-order valence-electron chi connectivity index (χ4n) is 5.98. The summed E-state index contributed by atoms with van der Waals surface area (Å²) in [5, 5.41) is 6.27. The molecule has 0 bridgehead atoms. The quantitative estimate of drug-likeness (QED) is 0.536. The Balaban J connectivity index is 1.11. The summed E-state index contributed by atoms with van der Waals surface area (Å²) >= 11 is 0. The van der Waals surface area contributed by atoms with Crippen LogP contribution in [0.4, 0.5) is 4.79 Å². The van der Waals surface area contributed by atoms with Gasteiger partial charge in [-0.15, -0.1) is 5.06 Å². The third-order valence-electron chi connectivity index (χ3n) is 8.03. The molecule has 3 aromatic rings. The molecule has 2 fully saturated rings. The molecule has 6 heteroatoms. The second-order valence-corrected chi connectivity index (χ2v) is 10.1. The second-order valence-electron chi connectivity index (χ2n) is 10.1. The first-order valence-corrected chi connectivity index (χ1v) is 12.6. The molecule has 2 aromatic carbocycles. The van der Waals surface area contributed by atoms with E-state index in [0.29, 0.717) is 5.92 Å². The van der Waals surface area contributed by atoms with Crippen molar-refractivity contribution in [2.45, 2.75) is 56.0 Å². The van der Waals surface area contributed by atoms with Gasteiger partial charge in [0, 0.05) is 41.8 Å². The number of amides is 1. The van der Waals surface area contributed by atoms with Gasteiger partial charge < -0.3 is 15.1 Å². The van der Waals surface area contributed by atoms with Gasteiger partial charge in [-0.3, -0.25) is 4.90 Å². The van der Waals surface area contributed by atoms with Gasteiger partial charge in [-0.05, 0) is 75.7 Å². The van der Waals surface area contributed by atoms with Crippen LogP contribution < -0.4 is 5.32 Å². The van der Waals surface area contributed by atoms with Crippen LogP contribution in [0.25, 0.3) is 10.9 Å². The number of aromatic amines is 1. The molecule has 1 aliphatic carbocycles. The van der Waals surface area contributed by atoms with E-state index in [9.17, 15) is 4.79 Å². The number of fused-ring (bicyclic) bond motifs is 1. The monoisotopic (exact) mass is 460 g/mol. The molecule has 0 unspecified atom stereocenters. The Hall–Kier alpha value is -2.83. The first-order chi connectivity index (χ1) is 16.5. The molecule has 5 rings (SSSR count). The van der Waals surface area contributed by atoms with Crippen LogP contribution in [0, 0.1) is 0 Å². The van der Waals surface area contributed by atoms with Gasteiger partial charge in [-0.25, -0.2) is 4.79 Å². The molecule has 1 aliphatic heterocycles. The maximum Gasteiger partial charge on any atom is 0.426 e. The molecule has 1 saturated carbocycles. The van der Waals surface area contributed by atoms with Crippen LogP contribution in [-0.2, 0) is 10.4 Å². The summed E-state index contributed by atoms with van der Waals surface area (Å²) in [5.41, 5.74) is 3.96. The number of piperidine rings is 1. The highest BCUT2D eigenvalue weighted by Crippen LogP contribution is 2.41. The first kappa shape index (κ1) is 22.9. The van der Waals surface area contributed by atoms with Gasteiger partial charge in [0.15, 0.2) is 0 Å². The lowest BCUT2D eigenvalue weighted by molar-refractivity contribution is -0.115. The van der Waals surface area contributed by atoms with Gasteiger partial charge >= 0.3 is 6.09 Å². The van der Waals surface area contributed by atoms with Gasteiger partial charge in [-0.1, -0.05) is 48.5 Å². The highest BCUT2D eigenvalue weighted by Gasteiger charge is 2.39. The number of hydrogen-bond donors (Lipinski definition) is 2. The van der Waals surface area contributed by atoms with E-state index in [-0.39, 0.29) is 17.7 Å². The molecular formula is C28H36N4O2. The Morgan fingerprint density at radius 1 is 1.00 bits per heavy atom. The van der Waals surface area contributed by atoms with E-state index in [1.807, 2.05) is 5.06 Å². The van der Waals surface area contributed by atoms with E-state index in [4.69, 9.17) is 4.84 Å². The second kappa shape index (κ2) is 9.80. The fourth-order valence-corrected chi connectivity index (χ4v) is 5.98. The summed E-state index contributed by atoms with van der Waals surface area (Å²) in [5.74, 6) is 0.495. The minimum absolute atomic E-state index is 0.0353. The van der Waals surface area contributed by atoms with Crippen molar-refractivity contribution in [1.82, 2.24) is 20.3 Å². The minimum Gasteiger partial charge on any atom is -0.361 e. The Kier molecular flexibility index (Phi) is 6.61. The molecule has 0 spiro atoms. The number of H-pyrrole nitrogens is 1. The minimum atomic E-state index is -0.312. The van der Waals surface area contributed by atoms with Crippen LogP contribution >= 0.6 is 0 Å². The molecule has 1 saturated heterocycles. The molecule has 34 heavy (non-hydrogen) atoms.